The minimum Gasteiger partial charge on any atom is -0.378 e. The van der Waals surface area contributed by atoms with Gasteiger partial charge in [0.1, 0.15) is 5.54 Å². The van der Waals surface area contributed by atoms with Crippen LogP contribution < -0.4 is 11.1 Å². The van der Waals surface area contributed by atoms with E-state index in [-0.39, 0.29) is 29.8 Å². The van der Waals surface area contributed by atoms with Crippen molar-refractivity contribution in [1.82, 2.24) is 15.1 Å². The van der Waals surface area contributed by atoms with Crippen molar-refractivity contribution in [2.24, 2.45) is 11.1 Å². The number of hydrogen-bond donors (Lipinski definition) is 2. The van der Waals surface area contributed by atoms with E-state index in [1.54, 1.807) is 6.20 Å². The lowest BCUT2D eigenvalue weighted by molar-refractivity contribution is -0.170. The van der Waals surface area contributed by atoms with Crippen LogP contribution >= 0.6 is 12.4 Å². The Hall–Kier alpha value is -1.89. The van der Waals surface area contributed by atoms with Crippen molar-refractivity contribution in [3.8, 4) is 0 Å². The molecule has 1 aliphatic rings. The molecule has 1 aliphatic carbocycles. The van der Waals surface area contributed by atoms with Gasteiger partial charge in [-0.1, -0.05) is 44.2 Å². The number of carbonyl (C=O) groups excluding carboxylic acids is 1. The number of nitrogens with zero attached hydrogens (tertiary/aromatic N) is 2. The minimum absolute atomic E-state index is 0. The second kappa shape index (κ2) is 8.42. The van der Waals surface area contributed by atoms with Gasteiger partial charge in [-0.2, -0.15) is 5.10 Å². The zero-order chi connectivity index (χ0) is 18.8. The van der Waals surface area contributed by atoms with Crippen molar-refractivity contribution >= 4 is 18.3 Å². The van der Waals surface area contributed by atoms with Crippen molar-refractivity contribution < 1.29 is 9.53 Å². The second-order valence-electron chi connectivity index (χ2n) is 7.56. The van der Waals surface area contributed by atoms with Crippen LogP contribution in [0.2, 0.25) is 0 Å². The van der Waals surface area contributed by atoms with Crippen molar-refractivity contribution in [2.75, 3.05) is 6.61 Å². The number of aromatic nitrogens is 2. The van der Waals surface area contributed by atoms with Gasteiger partial charge >= 0.3 is 0 Å². The van der Waals surface area contributed by atoms with E-state index in [0.29, 0.717) is 26.1 Å². The van der Waals surface area contributed by atoms with Gasteiger partial charge in [0, 0.05) is 36.7 Å². The average Bonchev–Trinajstić information content (AvgIpc) is 3.07. The summed E-state index contributed by atoms with van der Waals surface area (Å²) in [6.07, 6.45) is 4.30. The van der Waals surface area contributed by atoms with Crippen LogP contribution in [0.15, 0.2) is 42.7 Å². The van der Waals surface area contributed by atoms with Gasteiger partial charge in [-0.25, -0.2) is 0 Å². The number of hydrogen-bond acceptors (Lipinski definition) is 4. The number of nitrogens with one attached hydrogen (secondary N) is 1. The topological polar surface area (TPSA) is 82.2 Å². The Labute approximate surface area is 166 Å². The average molecular weight is 393 g/mol. The smallest absolute Gasteiger partial charge is 0.241 e. The number of benzene rings is 1. The summed E-state index contributed by atoms with van der Waals surface area (Å²) in [6.45, 7) is 7.70. The molecule has 3 N–H and O–H groups in total. The lowest BCUT2D eigenvalue weighted by Crippen LogP contribution is -2.75. The highest BCUT2D eigenvalue weighted by Crippen LogP contribution is 2.49. The number of nitrogens with two attached hydrogens (primary N) is 1. The summed E-state index contributed by atoms with van der Waals surface area (Å²) in [5.41, 5.74) is 7.26. The maximum Gasteiger partial charge on any atom is 0.241 e. The van der Waals surface area contributed by atoms with Gasteiger partial charge in [-0.15, -0.1) is 12.4 Å². The predicted molar refractivity (Wildman–Crippen MR) is 108 cm³/mol. The Balaban J connectivity index is 0.00000261. The molecule has 2 aromatic rings. The van der Waals surface area contributed by atoms with Crippen LogP contribution in [-0.4, -0.2) is 33.9 Å². The molecule has 3 rings (SSSR count). The molecular weight excluding hydrogens is 364 g/mol. The number of amides is 1. The fourth-order valence-corrected chi connectivity index (χ4v) is 3.52. The molecule has 2 atom stereocenters. The maximum absolute atomic E-state index is 12.7. The van der Waals surface area contributed by atoms with Crippen LogP contribution in [0.25, 0.3) is 0 Å². The molecular formula is C20H29ClN4O2. The van der Waals surface area contributed by atoms with Gasteiger partial charge < -0.3 is 15.8 Å². The van der Waals surface area contributed by atoms with E-state index in [2.05, 4.69) is 22.5 Å². The quantitative estimate of drug-likeness (QED) is 0.758. The van der Waals surface area contributed by atoms with E-state index in [9.17, 15) is 4.79 Å². The molecule has 1 amide bonds. The molecule has 1 saturated carbocycles. The fourth-order valence-electron chi connectivity index (χ4n) is 3.52. The van der Waals surface area contributed by atoms with E-state index >= 15 is 0 Å². The standard InChI is InChI=1S/C20H28N4O2.ClH/c1-4-26-17-10-20(21,19(17,2)3)18(25)22-11-16-12-23-24(14-16)13-15-8-6-5-7-9-15;/h5-9,12,14,17H,4,10-11,13,21H2,1-3H3,(H,22,25);1H. The van der Waals surface area contributed by atoms with Gasteiger partial charge in [0.05, 0.1) is 18.8 Å². The van der Waals surface area contributed by atoms with Crippen LogP contribution in [0.1, 0.15) is 38.3 Å². The third-order valence-electron chi connectivity index (χ3n) is 5.56. The summed E-state index contributed by atoms with van der Waals surface area (Å²) in [5, 5.41) is 7.33. The van der Waals surface area contributed by atoms with E-state index in [4.69, 9.17) is 10.5 Å². The van der Waals surface area contributed by atoms with E-state index in [0.717, 1.165) is 5.56 Å². The summed E-state index contributed by atoms with van der Waals surface area (Å²) in [5.74, 6) is -0.130. The van der Waals surface area contributed by atoms with Gasteiger partial charge in [0.25, 0.3) is 0 Å². The summed E-state index contributed by atoms with van der Waals surface area (Å²) >= 11 is 0. The second-order valence-corrected chi connectivity index (χ2v) is 7.56. The number of halogens is 1. The van der Waals surface area contributed by atoms with E-state index < -0.39 is 5.54 Å². The first-order valence-corrected chi connectivity index (χ1v) is 9.11. The first-order chi connectivity index (χ1) is 12.4. The zero-order valence-electron chi connectivity index (χ0n) is 16.1. The van der Waals surface area contributed by atoms with Gasteiger partial charge in [-0.3, -0.25) is 9.48 Å². The van der Waals surface area contributed by atoms with E-state index in [1.165, 1.54) is 5.56 Å². The third kappa shape index (κ3) is 4.18. The highest BCUT2D eigenvalue weighted by molar-refractivity contribution is 5.88. The maximum atomic E-state index is 12.7. The molecule has 0 radical (unpaired) electrons. The fraction of sp³-hybridized carbons (Fsp3) is 0.500. The lowest BCUT2D eigenvalue weighted by Gasteiger charge is -2.57. The SMILES string of the molecule is CCOC1CC(N)(C(=O)NCc2cnn(Cc3ccccc3)c2)C1(C)C.Cl. The number of ether oxygens (including phenoxy) is 1. The molecule has 0 spiro atoms. The third-order valence-corrected chi connectivity index (χ3v) is 5.56. The summed E-state index contributed by atoms with van der Waals surface area (Å²) in [4.78, 5) is 12.7. The Kier molecular flexibility index (Phi) is 6.68. The van der Waals surface area contributed by atoms with Crippen molar-refractivity contribution in [3.63, 3.8) is 0 Å². The highest BCUT2D eigenvalue weighted by Gasteiger charge is 2.62. The Morgan fingerprint density at radius 1 is 1.33 bits per heavy atom. The van der Waals surface area contributed by atoms with Crippen LogP contribution in [0.5, 0.6) is 0 Å². The minimum atomic E-state index is -0.896. The van der Waals surface area contributed by atoms with Gasteiger partial charge in [-0.05, 0) is 12.5 Å². The molecule has 1 aromatic heterocycles. The van der Waals surface area contributed by atoms with Crippen molar-refractivity contribution in [3.05, 3.63) is 53.9 Å². The van der Waals surface area contributed by atoms with Crippen molar-refractivity contribution in [1.29, 1.82) is 0 Å². The summed E-state index contributed by atoms with van der Waals surface area (Å²) in [6, 6.07) is 10.1. The highest BCUT2D eigenvalue weighted by atomic mass is 35.5. The monoisotopic (exact) mass is 392 g/mol. The molecule has 6 nitrogen and oxygen atoms in total. The summed E-state index contributed by atoms with van der Waals surface area (Å²) < 4.78 is 7.56. The number of carbonyl (C=O) groups is 1. The summed E-state index contributed by atoms with van der Waals surface area (Å²) in [7, 11) is 0. The molecule has 1 heterocycles. The zero-order valence-corrected chi connectivity index (χ0v) is 17.0. The Morgan fingerprint density at radius 3 is 2.67 bits per heavy atom. The normalized spacial score (nSPS) is 23.2. The molecule has 148 valence electrons. The first kappa shape index (κ1) is 21.4. The Morgan fingerprint density at radius 2 is 2.04 bits per heavy atom. The van der Waals surface area contributed by atoms with Crippen LogP contribution in [0, 0.1) is 5.41 Å². The molecule has 1 fully saturated rings. The molecule has 0 aliphatic heterocycles. The van der Waals surface area contributed by atoms with Gasteiger partial charge in [0.2, 0.25) is 5.91 Å². The molecule has 0 saturated heterocycles. The molecule has 0 bridgehead atoms. The first-order valence-electron chi connectivity index (χ1n) is 9.11. The Bertz CT molecular complexity index is 762. The molecule has 27 heavy (non-hydrogen) atoms. The van der Waals surface area contributed by atoms with Crippen LogP contribution in [0.3, 0.4) is 0 Å². The van der Waals surface area contributed by atoms with Crippen molar-refractivity contribution in [2.45, 2.75) is 51.9 Å². The van der Waals surface area contributed by atoms with Crippen LogP contribution in [-0.2, 0) is 22.6 Å². The predicted octanol–water partition coefficient (Wildman–Crippen LogP) is 2.50. The van der Waals surface area contributed by atoms with Crippen LogP contribution in [0.4, 0.5) is 0 Å². The van der Waals surface area contributed by atoms with E-state index in [1.807, 2.05) is 49.8 Å². The molecule has 1 aromatic carbocycles. The lowest BCUT2D eigenvalue weighted by atomic mass is 9.54. The molecule has 2 unspecified atom stereocenters. The largest absolute Gasteiger partial charge is 0.378 e. The van der Waals surface area contributed by atoms with Gasteiger partial charge in [0.15, 0.2) is 0 Å². The number of rotatable bonds is 7. The molecule has 7 heteroatoms.